The number of esters is 3. The number of carbonyl (C=O) groups excluding carboxylic acids is 3. The van der Waals surface area contributed by atoms with E-state index in [0.29, 0.717) is 19.3 Å². The average Bonchev–Trinajstić information content (AvgIpc) is 3.27. The van der Waals surface area contributed by atoms with Crippen molar-refractivity contribution in [2.45, 2.75) is 264 Å². The second kappa shape index (κ2) is 50.8. The molecule has 0 saturated heterocycles. The predicted octanol–water partition coefficient (Wildman–Crippen LogP) is 17.3. The van der Waals surface area contributed by atoms with E-state index in [4.69, 9.17) is 14.2 Å². The summed E-state index contributed by atoms with van der Waals surface area (Å²) >= 11 is 0. The summed E-state index contributed by atoms with van der Waals surface area (Å²) in [7, 11) is 0. The zero-order valence-corrected chi connectivity index (χ0v) is 40.9. The van der Waals surface area contributed by atoms with Gasteiger partial charge in [0.15, 0.2) is 6.10 Å². The van der Waals surface area contributed by atoms with E-state index >= 15 is 0 Å². The van der Waals surface area contributed by atoms with Crippen LogP contribution in [-0.4, -0.2) is 37.2 Å². The highest BCUT2D eigenvalue weighted by molar-refractivity contribution is 5.71. The van der Waals surface area contributed by atoms with Gasteiger partial charge in [-0.2, -0.15) is 0 Å². The van der Waals surface area contributed by atoms with Gasteiger partial charge in [0.05, 0.1) is 0 Å². The fourth-order valence-electron chi connectivity index (χ4n) is 7.35. The molecule has 0 bridgehead atoms. The van der Waals surface area contributed by atoms with Gasteiger partial charge in [0, 0.05) is 19.3 Å². The molecule has 0 radical (unpaired) electrons. The maximum Gasteiger partial charge on any atom is 0.306 e. The third-order valence-electron chi connectivity index (χ3n) is 11.3. The van der Waals surface area contributed by atoms with Crippen LogP contribution in [0.2, 0.25) is 0 Å². The standard InChI is InChI=1S/C56H98O6/c1-4-7-10-13-16-19-21-23-25-26-27-28-29-30-31-33-34-37-40-43-46-49-55(58)61-52-53(51-60-54(57)48-45-42-39-36-18-15-12-9-6-3)62-56(59)50-47-44-41-38-35-32-24-22-20-17-14-11-8-5-2/h7,10,16,19,23,25,27-28,30-31,53H,4-6,8-9,11-15,17-18,20-22,24,26,29,32-52H2,1-3H3/b10-7-,19-16-,25-23-,28-27-,31-30-. The molecule has 1 unspecified atom stereocenters. The number of hydrogen-bond donors (Lipinski definition) is 0. The quantitative estimate of drug-likeness (QED) is 0.0262. The van der Waals surface area contributed by atoms with Crippen LogP contribution < -0.4 is 0 Å². The van der Waals surface area contributed by atoms with E-state index in [1.54, 1.807) is 0 Å². The van der Waals surface area contributed by atoms with Crippen molar-refractivity contribution in [3.8, 4) is 0 Å². The molecule has 0 rings (SSSR count). The minimum absolute atomic E-state index is 0.0775. The van der Waals surface area contributed by atoms with Gasteiger partial charge in [-0.1, -0.05) is 236 Å². The lowest BCUT2D eigenvalue weighted by molar-refractivity contribution is -0.167. The molecular formula is C56H98O6. The Bertz CT molecular complexity index is 1130. The van der Waals surface area contributed by atoms with E-state index in [-0.39, 0.29) is 31.1 Å². The van der Waals surface area contributed by atoms with Crippen LogP contribution in [0.5, 0.6) is 0 Å². The van der Waals surface area contributed by atoms with Crippen LogP contribution in [0.3, 0.4) is 0 Å². The minimum Gasteiger partial charge on any atom is -0.462 e. The van der Waals surface area contributed by atoms with Crippen LogP contribution in [-0.2, 0) is 28.6 Å². The smallest absolute Gasteiger partial charge is 0.306 e. The number of rotatable bonds is 47. The fraction of sp³-hybridized carbons (Fsp3) is 0.768. The molecule has 0 spiro atoms. The second-order valence-corrected chi connectivity index (χ2v) is 17.4. The summed E-state index contributed by atoms with van der Waals surface area (Å²) in [5.41, 5.74) is 0. The van der Waals surface area contributed by atoms with Crippen molar-refractivity contribution in [2.24, 2.45) is 0 Å². The molecular weight excluding hydrogens is 769 g/mol. The van der Waals surface area contributed by atoms with Gasteiger partial charge in [-0.15, -0.1) is 0 Å². The van der Waals surface area contributed by atoms with Crippen molar-refractivity contribution in [2.75, 3.05) is 13.2 Å². The van der Waals surface area contributed by atoms with Crippen molar-refractivity contribution >= 4 is 17.9 Å². The number of hydrogen-bond acceptors (Lipinski definition) is 6. The molecule has 0 fully saturated rings. The lowest BCUT2D eigenvalue weighted by Gasteiger charge is -2.18. The van der Waals surface area contributed by atoms with Gasteiger partial charge in [-0.25, -0.2) is 0 Å². The number of ether oxygens (including phenoxy) is 3. The maximum absolute atomic E-state index is 12.8. The van der Waals surface area contributed by atoms with Gasteiger partial charge < -0.3 is 14.2 Å². The molecule has 1 atom stereocenters. The van der Waals surface area contributed by atoms with Gasteiger partial charge >= 0.3 is 17.9 Å². The first-order chi connectivity index (χ1) is 30.5. The first-order valence-electron chi connectivity index (χ1n) is 26.3. The minimum atomic E-state index is -0.777. The largest absolute Gasteiger partial charge is 0.462 e. The Balaban J connectivity index is 4.32. The normalized spacial score (nSPS) is 12.5. The summed E-state index contributed by atoms with van der Waals surface area (Å²) in [6, 6.07) is 0. The van der Waals surface area contributed by atoms with Gasteiger partial charge in [0.25, 0.3) is 0 Å². The van der Waals surface area contributed by atoms with Crippen LogP contribution >= 0.6 is 0 Å². The van der Waals surface area contributed by atoms with E-state index in [2.05, 4.69) is 81.5 Å². The van der Waals surface area contributed by atoms with Gasteiger partial charge in [0.1, 0.15) is 13.2 Å². The summed E-state index contributed by atoms with van der Waals surface area (Å²) in [5, 5.41) is 0. The van der Waals surface area contributed by atoms with Gasteiger partial charge in [-0.05, 0) is 64.2 Å². The molecule has 0 aromatic rings. The first kappa shape index (κ1) is 59.1. The Labute approximate surface area is 383 Å². The predicted molar refractivity (Wildman–Crippen MR) is 265 cm³/mol. The maximum atomic E-state index is 12.8. The number of allylic oxidation sites excluding steroid dienone is 10. The van der Waals surface area contributed by atoms with E-state index in [9.17, 15) is 14.4 Å². The van der Waals surface area contributed by atoms with Crippen LogP contribution in [0.1, 0.15) is 258 Å². The summed E-state index contributed by atoms with van der Waals surface area (Å²) in [4.78, 5) is 37.9. The second-order valence-electron chi connectivity index (χ2n) is 17.4. The molecule has 6 heteroatoms. The highest BCUT2D eigenvalue weighted by atomic mass is 16.6. The number of carbonyl (C=O) groups is 3. The number of unbranched alkanes of at least 4 members (excludes halogenated alkanes) is 26. The molecule has 0 aliphatic rings. The highest BCUT2D eigenvalue weighted by Crippen LogP contribution is 2.15. The summed E-state index contributed by atoms with van der Waals surface area (Å²) in [6.07, 6.45) is 62.1. The third kappa shape index (κ3) is 48.1. The molecule has 62 heavy (non-hydrogen) atoms. The van der Waals surface area contributed by atoms with E-state index in [0.717, 1.165) is 109 Å². The van der Waals surface area contributed by atoms with Crippen molar-refractivity contribution in [3.63, 3.8) is 0 Å². The van der Waals surface area contributed by atoms with Crippen molar-refractivity contribution in [1.82, 2.24) is 0 Å². The zero-order chi connectivity index (χ0) is 45.1. The highest BCUT2D eigenvalue weighted by Gasteiger charge is 2.19. The summed E-state index contributed by atoms with van der Waals surface area (Å²) in [6.45, 7) is 6.50. The SMILES string of the molecule is CC/C=C\C/C=C\C/C=C\C/C=C\C/C=C\CCCCCCCC(=O)OCC(COC(=O)CCCCCCCCCCC)OC(=O)CCCCCCCCCCCCCCCC. The Morgan fingerprint density at radius 1 is 0.339 bits per heavy atom. The summed E-state index contributed by atoms with van der Waals surface area (Å²) in [5.74, 6) is -0.893. The Hall–Kier alpha value is -2.89. The summed E-state index contributed by atoms with van der Waals surface area (Å²) < 4.78 is 16.8. The Morgan fingerprint density at radius 2 is 0.629 bits per heavy atom. The lowest BCUT2D eigenvalue weighted by Crippen LogP contribution is -2.30. The van der Waals surface area contributed by atoms with Crippen LogP contribution in [0, 0.1) is 0 Å². The van der Waals surface area contributed by atoms with Crippen molar-refractivity contribution < 1.29 is 28.6 Å². The van der Waals surface area contributed by atoms with E-state index < -0.39 is 6.10 Å². The topological polar surface area (TPSA) is 78.9 Å². The first-order valence-corrected chi connectivity index (χ1v) is 26.3. The van der Waals surface area contributed by atoms with Crippen LogP contribution in [0.4, 0.5) is 0 Å². The molecule has 0 aliphatic carbocycles. The van der Waals surface area contributed by atoms with E-state index in [1.807, 2.05) is 0 Å². The molecule has 0 aromatic heterocycles. The zero-order valence-electron chi connectivity index (χ0n) is 40.9. The monoisotopic (exact) mass is 867 g/mol. The molecule has 0 saturated carbocycles. The molecule has 0 amide bonds. The van der Waals surface area contributed by atoms with Crippen molar-refractivity contribution in [1.29, 1.82) is 0 Å². The van der Waals surface area contributed by atoms with E-state index in [1.165, 1.54) is 109 Å². The van der Waals surface area contributed by atoms with Gasteiger partial charge in [-0.3, -0.25) is 14.4 Å². The molecule has 6 nitrogen and oxygen atoms in total. The molecule has 358 valence electrons. The fourth-order valence-corrected chi connectivity index (χ4v) is 7.35. The van der Waals surface area contributed by atoms with Crippen LogP contribution in [0.15, 0.2) is 60.8 Å². The lowest BCUT2D eigenvalue weighted by atomic mass is 10.0. The molecule has 0 aromatic carbocycles. The molecule has 0 N–H and O–H groups in total. The Kier molecular flexibility index (Phi) is 48.4. The van der Waals surface area contributed by atoms with Crippen LogP contribution in [0.25, 0.3) is 0 Å². The van der Waals surface area contributed by atoms with Gasteiger partial charge in [0.2, 0.25) is 0 Å². The Morgan fingerprint density at radius 3 is 0.984 bits per heavy atom. The molecule has 0 heterocycles. The molecule has 0 aliphatic heterocycles. The van der Waals surface area contributed by atoms with Crippen molar-refractivity contribution in [3.05, 3.63) is 60.8 Å². The average molecular weight is 867 g/mol. The third-order valence-corrected chi connectivity index (χ3v) is 11.3.